The van der Waals surface area contributed by atoms with Crippen LogP contribution in [0.5, 0.6) is 0 Å². The molecule has 0 bridgehead atoms. The van der Waals surface area contributed by atoms with Crippen molar-refractivity contribution < 1.29 is 15.0 Å². The molecule has 0 saturated heterocycles. The monoisotopic (exact) mass is 350 g/mol. The van der Waals surface area contributed by atoms with Gasteiger partial charge in [0.2, 0.25) is 0 Å². The van der Waals surface area contributed by atoms with Crippen molar-refractivity contribution in [3.8, 4) is 0 Å². The summed E-state index contributed by atoms with van der Waals surface area (Å²) in [6.45, 7) is 0. The van der Waals surface area contributed by atoms with Gasteiger partial charge in [-0.3, -0.25) is 4.79 Å². The number of allylic oxidation sites excluding steroid dienone is 1. The fourth-order valence-corrected chi connectivity index (χ4v) is 3.80. The van der Waals surface area contributed by atoms with Gasteiger partial charge in [0.1, 0.15) is 5.78 Å². The Balaban J connectivity index is 1.61. The number of unbranched alkanes of at least 4 members (excludes halogenated alkanes) is 1. The Morgan fingerprint density at radius 2 is 1.62 bits per heavy atom. The third-order valence-corrected chi connectivity index (χ3v) is 5.18. The molecule has 0 amide bonds. The van der Waals surface area contributed by atoms with Gasteiger partial charge in [0.25, 0.3) is 0 Å². The molecule has 1 fully saturated rings. The van der Waals surface area contributed by atoms with E-state index in [0.29, 0.717) is 6.42 Å². The van der Waals surface area contributed by atoms with Gasteiger partial charge in [-0.2, -0.15) is 0 Å². The van der Waals surface area contributed by atoms with Gasteiger partial charge in [-0.25, -0.2) is 0 Å². The minimum Gasteiger partial charge on any atom is -0.512 e. The average molecular weight is 350 g/mol. The zero-order chi connectivity index (χ0) is 18.4. The van der Waals surface area contributed by atoms with Gasteiger partial charge >= 0.3 is 0 Å². The summed E-state index contributed by atoms with van der Waals surface area (Å²) in [5, 5.41) is 20.8. The first-order valence-electron chi connectivity index (χ1n) is 9.33. The lowest BCUT2D eigenvalue weighted by molar-refractivity contribution is -0.121. The zero-order valence-corrected chi connectivity index (χ0v) is 14.9. The molecule has 0 radical (unpaired) electrons. The molecule has 26 heavy (non-hydrogen) atoms. The molecule has 0 aliphatic heterocycles. The van der Waals surface area contributed by atoms with Crippen LogP contribution in [0.4, 0.5) is 0 Å². The average Bonchev–Trinajstić information content (AvgIpc) is 2.93. The van der Waals surface area contributed by atoms with Crippen LogP contribution < -0.4 is 0 Å². The van der Waals surface area contributed by atoms with Gasteiger partial charge in [-0.15, -0.1) is 0 Å². The first kappa shape index (κ1) is 18.4. The maximum absolute atomic E-state index is 12.3. The van der Waals surface area contributed by atoms with E-state index in [4.69, 9.17) is 0 Å². The SMILES string of the molecule is O=C1C[C@@H](O)[C@H](C(O)=CCCCc2ccccc2)[C@H]1Cc1ccccc1. The fraction of sp³-hybridized carbons (Fsp3) is 0.348. The number of aliphatic hydroxyl groups is 2. The fourth-order valence-electron chi connectivity index (χ4n) is 3.80. The number of Topliss-reactive ketones (excluding diaryl/α,β-unsaturated/α-hetero) is 1. The maximum Gasteiger partial charge on any atom is 0.139 e. The quantitative estimate of drug-likeness (QED) is 0.579. The van der Waals surface area contributed by atoms with E-state index in [0.717, 1.165) is 24.8 Å². The van der Waals surface area contributed by atoms with Crippen molar-refractivity contribution in [3.63, 3.8) is 0 Å². The summed E-state index contributed by atoms with van der Waals surface area (Å²) in [5.41, 5.74) is 2.33. The standard InChI is InChI=1S/C23H26O3/c24-20(14-8-7-11-17-9-3-1-4-10-17)23-19(21(25)16-22(23)26)15-18-12-5-2-6-13-18/h1-6,9-10,12-14,19,22-24,26H,7-8,11,15-16H2/t19-,22+,23-/m0/s1. The lowest BCUT2D eigenvalue weighted by Crippen LogP contribution is -2.24. The largest absolute Gasteiger partial charge is 0.512 e. The predicted octanol–water partition coefficient (Wildman–Crippen LogP) is 4.26. The number of aryl methyl sites for hydroxylation is 1. The Labute approximate surface area is 155 Å². The van der Waals surface area contributed by atoms with Crippen molar-refractivity contribution in [1.29, 1.82) is 0 Å². The first-order valence-corrected chi connectivity index (χ1v) is 9.33. The molecule has 0 unspecified atom stereocenters. The van der Waals surface area contributed by atoms with Crippen molar-refractivity contribution in [3.05, 3.63) is 83.6 Å². The van der Waals surface area contributed by atoms with Crippen LogP contribution in [-0.4, -0.2) is 22.1 Å². The Kier molecular flexibility index (Phi) is 6.24. The van der Waals surface area contributed by atoms with E-state index in [9.17, 15) is 15.0 Å². The molecule has 2 aromatic carbocycles. The van der Waals surface area contributed by atoms with Crippen LogP contribution >= 0.6 is 0 Å². The number of benzene rings is 2. The first-order chi connectivity index (χ1) is 12.6. The second-order valence-electron chi connectivity index (χ2n) is 7.07. The van der Waals surface area contributed by atoms with E-state index in [1.807, 2.05) is 48.5 Å². The highest BCUT2D eigenvalue weighted by atomic mass is 16.3. The summed E-state index contributed by atoms with van der Waals surface area (Å²) < 4.78 is 0. The topological polar surface area (TPSA) is 57.5 Å². The van der Waals surface area contributed by atoms with Crippen molar-refractivity contribution in [2.24, 2.45) is 11.8 Å². The molecular weight excluding hydrogens is 324 g/mol. The Morgan fingerprint density at radius 1 is 1.00 bits per heavy atom. The highest BCUT2D eigenvalue weighted by Crippen LogP contribution is 2.36. The summed E-state index contributed by atoms with van der Waals surface area (Å²) in [4.78, 5) is 12.3. The van der Waals surface area contributed by atoms with Crippen LogP contribution in [0.1, 0.15) is 30.4 Å². The van der Waals surface area contributed by atoms with Crippen LogP contribution in [0.15, 0.2) is 72.5 Å². The zero-order valence-electron chi connectivity index (χ0n) is 14.9. The van der Waals surface area contributed by atoms with E-state index in [1.165, 1.54) is 5.56 Å². The molecule has 136 valence electrons. The Morgan fingerprint density at radius 3 is 2.27 bits per heavy atom. The Hall–Kier alpha value is -2.39. The van der Waals surface area contributed by atoms with Crippen molar-refractivity contribution in [1.82, 2.24) is 0 Å². The summed E-state index contributed by atoms with van der Waals surface area (Å²) >= 11 is 0. The van der Waals surface area contributed by atoms with Gasteiger partial charge in [0, 0.05) is 12.3 Å². The van der Waals surface area contributed by atoms with Gasteiger partial charge in [-0.05, 0) is 42.9 Å². The molecule has 0 spiro atoms. The number of carbonyl (C=O) groups is 1. The van der Waals surface area contributed by atoms with Crippen LogP contribution in [0, 0.1) is 11.8 Å². The molecule has 1 aliphatic carbocycles. The third kappa shape index (κ3) is 4.61. The summed E-state index contributed by atoms with van der Waals surface area (Å²) in [6.07, 6.45) is 4.29. The van der Waals surface area contributed by atoms with Gasteiger partial charge < -0.3 is 10.2 Å². The molecule has 3 rings (SSSR count). The molecule has 0 aromatic heterocycles. The van der Waals surface area contributed by atoms with Crippen LogP contribution in [0.3, 0.4) is 0 Å². The van der Waals surface area contributed by atoms with Crippen LogP contribution in [0.2, 0.25) is 0 Å². The number of aliphatic hydroxyl groups excluding tert-OH is 2. The molecule has 3 atom stereocenters. The van der Waals surface area contributed by atoms with Gasteiger partial charge in [0.15, 0.2) is 0 Å². The minimum atomic E-state index is -0.790. The number of carbonyl (C=O) groups excluding carboxylic acids is 1. The van der Waals surface area contributed by atoms with Crippen molar-refractivity contribution in [2.75, 3.05) is 0 Å². The number of ketones is 1. The molecule has 3 nitrogen and oxygen atoms in total. The summed E-state index contributed by atoms with van der Waals surface area (Å²) in [7, 11) is 0. The van der Waals surface area contributed by atoms with Crippen molar-refractivity contribution in [2.45, 2.75) is 38.2 Å². The molecule has 1 aliphatic rings. The molecule has 2 aromatic rings. The number of hydrogen-bond donors (Lipinski definition) is 2. The second kappa shape index (κ2) is 8.81. The van der Waals surface area contributed by atoms with E-state index < -0.39 is 12.0 Å². The van der Waals surface area contributed by atoms with Crippen LogP contribution in [-0.2, 0) is 17.6 Å². The molecule has 0 heterocycles. The highest BCUT2D eigenvalue weighted by Gasteiger charge is 2.43. The van der Waals surface area contributed by atoms with Crippen molar-refractivity contribution >= 4 is 5.78 Å². The van der Waals surface area contributed by atoms with Crippen LogP contribution in [0.25, 0.3) is 0 Å². The van der Waals surface area contributed by atoms with Gasteiger partial charge in [0.05, 0.1) is 17.8 Å². The molecular formula is C23H26O3. The summed E-state index contributed by atoms with van der Waals surface area (Å²) in [5.74, 6) is -0.634. The smallest absolute Gasteiger partial charge is 0.139 e. The molecule has 2 N–H and O–H groups in total. The highest BCUT2D eigenvalue weighted by molar-refractivity contribution is 5.85. The lowest BCUT2D eigenvalue weighted by atomic mass is 9.86. The lowest BCUT2D eigenvalue weighted by Gasteiger charge is -2.20. The molecule has 3 heteroatoms. The normalized spacial score (nSPS) is 23.3. The van der Waals surface area contributed by atoms with Gasteiger partial charge in [-0.1, -0.05) is 60.7 Å². The predicted molar refractivity (Wildman–Crippen MR) is 103 cm³/mol. The Bertz CT molecular complexity index is 737. The maximum atomic E-state index is 12.3. The van der Waals surface area contributed by atoms with E-state index >= 15 is 0 Å². The molecule has 1 saturated carbocycles. The number of rotatable bonds is 7. The van der Waals surface area contributed by atoms with E-state index in [2.05, 4.69) is 12.1 Å². The third-order valence-electron chi connectivity index (χ3n) is 5.18. The summed E-state index contributed by atoms with van der Waals surface area (Å²) in [6, 6.07) is 20.0. The van der Waals surface area contributed by atoms with E-state index in [1.54, 1.807) is 6.08 Å². The van der Waals surface area contributed by atoms with E-state index in [-0.39, 0.29) is 23.9 Å². The second-order valence-corrected chi connectivity index (χ2v) is 7.07. The minimum absolute atomic E-state index is 0.0376. The number of hydrogen-bond acceptors (Lipinski definition) is 3.